The summed E-state index contributed by atoms with van der Waals surface area (Å²) in [4.78, 5) is 15.7. The Bertz CT molecular complexity index is 3350. The largest absolute Gasteiger partial charge is 0.456 e. The van der Waals surface area contributed by atoms with Gasteiger partial charge in [0.15, 0.2) is 17.5 Å². The lowest BCUT2D eigenvalue weighted by molar-refractivity contribution is 0.647. The normalized spacial score (nSPS) is 14.6. The van der Waals surface area contributed by atoms with Crippen molar-refractivity contribution < 1.29 is 4.42 Å². The fourth-order valence-electron chi connectivity index (χ4n) is 9.94. The molecule has 0 saturated heterocycles. The standard InChI is InChI=1S/C53H37N3O/c1-52(2)42-18-10-8-15-34(42)39-27-38-32(26-44(39)52)23-21-30-22-24-33(25-37(30)38)50-54-49(31-13-6-5-7-14-31)55-51(56-50)36-17-12-20-46-48(36)41-28-40-35-16-9-11-19-43(35)53(3,4)45(40)29-47(41)57-46/h5-29H,1-4H3. The first kappa shape index (κ1) is 32.3. The van der Waals surface area contributed by atoms with Gasteiger partial charge < -0.3 is 4.42 Å². The minimum atomic E-state index is -0.123. The number of nitrogens with zero attached hydrogens (tertiary/aromatic N) is 3. The molecule has 2 heterocycles. The molecular weight excluding hydrogens is 695 g/mol. The Kier molecular flexibility index (Phi) is 6.43. The van der Waals surface area contributed by atoms with Crippen molar-refractivity contribution in [2.24, 2.45) is 0 Å². The molecule has 10 aromatic rings. The topological polar surface area (TPSA) is 51.8 Å². The summed E-state index contributed by atoms with van der Waals surface area (Å²) in [6.07, 6.45) is 0. The van der Waals surface area contributed by atoms with Crippen LogP contribution in [0.4, 0.5) is 0 Å². The molecule has 0 amide bonds. The van der Waals surface area contributed by atoms with E-state index in [9.17, 15) is 0 Å². The van der Waals surface area contributed by atoms with E-state index >= 15 is 0 Å². The Morgan fingerprint density at radius 1 is 0.368 bits per heavy atom. The smallest absolute Gasteiger partial charge is 0.164 e. The quantitative estimate of drug-likeness (QED) is 0.170. The maximum atomic E-state index is 6.65. The molecule has 2 aliphatic carbocycles. The molecule has 0 radical (unpaired) electrons. The molecule has 2 aromatic heterocycles. The van der Waals surface area contributed by atoms with Crippen LogP contribution in [0.2, 0.25) is 0 Å². The van der Waals surface area contributed by atoms with Crippen molar-refractivity contribution in [3.8, 4) is 56.4 Å². The van der Waals surface area contributed by atoms with Gasteiger partial charge in [-0.1, -0.05) is 143 Å². The summed E-state index contributed by atoms with van der Waals surface area (Å²) in [6, 6.07) is 54.5. The summed E-state index contributed by atoms with van der Waals surface area (Å²) in [5.74, 6) is 1.88. The monoisotopic (exact) mass is 731 g/mol. The van der Waals surface area contributed by atoms with Gasteiger partial charge in [0.2, 0.25) is 0 Å². The van der Waals surface area contributed by atoms with Crippen LogP contribution < -0.4 is 0 Å². The fraction of sp³-hybridized carbons (Fsp3) is 0.113. The second-order valence-corrected chi connectivity index (χ2v) is 16.8. The van der Waals surface area contributed by atoms with Gasteiger partial charge in [0.1, 0.15) is 11.2 Å². The molecule has 4 nitrogen and oxygen atoms in total. The van der Waals surface area contributed by atoms with Crippen molar-refractivity contribution >= 4 is 43.5 Å². The van der Waals surface area contributed by atoms with Crippen LogP contribution in [0.3, 0.4) is 0 Å². The van der Waals surface area contributed by atoms with E-state index in [1.54, 1.807) is 0 Å². The lowest BCUT2D eigenvalue weighted by atomic mass is 9.81. The predicted octanol–water partition coefficient (Wildman–Crippen LogP) is 13.7. The second-order valence-electron chi connectivity index (χ2n) is 16.8. The van der Waals surface area contributed by atoms with Gasteiger partial charge in [0.05, 0.1) is 0 Å². The van der Waals surface area contributed by atoms with Crippen molar-refractivity contribution in [1.82, 2.24) is 15.0 Å². The minimum absolute atomic E-state index is 0.0592. The summed E-state index contributed by atoms with van der Waals surface area (Å²) < 4.78 is 6.65. The third-order valence-electron chi connectivity index (χ3n) is 12.9. The maximum absolute atomic E-state index is 6.65. The molecule has 0 saturated carbocycles. The van der Waals surface area contributed by atoms with Gasteiger partial charge in [-0.05, 0) is 102 Å². The molecule has 0 N–H and O–H groups in total. The zero-order chi connectivity index (χ0) is 38.2. The van der Waals surface area contributed by atoms with Gasteiger partial charge in [-0.15, -0.1) is 0 Å². The molecular formula is C53H37N3O. The maximum Gasteiger partial charge on any atom is 0.164 e. The highest BCUT2D eigenvalue weighted by molar-refractivity contribution is 6.14. The van der Waals surface area contributed by atoms with Crippen molar-refractivity contribution in [3.05, 3.63) is 174 Å². The number of hydrogen-bond donors (Lipinski definition) is 0. The first-order valence-corrected chi connectivity index (χ1v) is 19.8. The zero-order valence-electron chi connectivity index (χ0n) is 32.2. The number of furan rings is 1. The molecule has 57 heavy (non-hydrogen) atoms. The molecule has 2 aliphatic rings. The summed E-state index contributed by atoms with van der Waals surface area (Å²) >= 11 is 0. The Labute approximate surface area is 330 Å². The Hall–Kier alpha value is -6.91. The van der Waals surface area contributed by atoms with Gasteiger partial charge in [0, 0.05) is 38.3 Å². The predicted molar refractivity (Wildman–Crippen MR) is 234 cm³/mol. The lowest BCUT2D eigenvalue weighted by Crippen LogP contribution is -2.14. The summed E-state index contributed by atoms with van der Waals surface area (Å²) in [7, 11) is 0. The third-order valence-corrected chi connectivity index (χ3v) is 12.9. The fourth-order valence-corrected chi connectivity index (χ4v) is 9.94. The van der Waals surface area contributed by atoms with Crippen LogP contribution >= 0.6 is 0 Å². The van der Waals surface area contributed by atoms with E-state index in [4.69, 9.17) is 19.4 Å². The molecule has 0 aliphatic heterocycles. The first-order valence-electron chi connectivity index (χ1n) is 19.8. The van der Waals surface area contributed by atoms with E-state index in [2.05, 4.69) is 149 Å². The van der Waals surface area contributed by atoms with Crippen LogP contribution in [0.5, 0.6) is 0 Å². The van der Waals surface area contributed by atoms with Gasteiger partial charge >= 0.3 is 0 Å². The van der Waals surface area contributed by atoms with E-state index in [-0.39, 0.29) is 10.8 Å². The SMILES string of the molecule is CC1(C)c2ccccc2-c2cc3c(ccc4ccc(-c5nc(-c6ccccc6)nc(-c6cccc7oc8cc9c(cc8c67)-c6ccccc6C9(C)C)n5)cc43)cc21. The summed E-state index contributed by atoms with van der Waals surface area (Å²) in [6.45, 7) is 9.28. The van der Waals surface area contributed by atoms with E-state index in [1.807, 2.05) is 30.3 Å². The number of hydrogen-bond acceptors (Lipinski definition) is 4. The average molecular weight is 732 g/mol. The summed E-state index contributed by atoms with van der Waals surface area (Å²) in [5, 5.41) is 6.89. The van der Waals surface area contributed by atoms with Crippen LogP contribution in [-0.2, 0) is 10.8 Å². The number of rotatable bonds is 3. The second kappa shape index (κ2) is 11.3. The average Bonchev–Trinajstić information content (AvgIpc) is 3.81. The van der Waals surface area contributed by atoms with Crippen LogP contribution in [-0.4, -0.2) is 15.0 Å². The van der Waals surface area contributed by atoms with Gasteiger partial charge in [-0.3, -0.25) is 0 Å². The number of aromatic nitrogens is 3. The molecule has 0 bridgehead atoms. The van der Waals surface area contributed by atoms with Crippen molar-refractivity contribution in [1.29, 1.82) is 0 Å². The van der Waals surface area contributed by atoms with Crippen LogP contribution in [0.1, 0.15) is 49.9 Å². The molecule has 0 unspecified atom stereocenters. The highest BCUT2D eigenvalue weighted by Crippen LogP contribution is 2.52. The number of fused-ring (bicyclic) bond motifs is 12. The highest BCUT2D eigenvalue weighted by atomic mass is 16.3. The molecule has 4 heteroatoms. The van der Waals surface area contributed by atoms with Crippen LogP contribution in [0.25, 0.3) is 99.9 Å². The summed E-state index contributed by atoms with van der Waals surface area (Å²) in [5.41, 5.74) is 14.8. The van der Waals surface area contributed by atoms with Crippen molar-refractivity contribution in [2.45, 2.75) is 38.5 Å². The number of benzene rings is 8. The van der Waals surface area contributed by atoms with E-state index in [1.165, 1.54) is 66.1 Å². The zero-order valence-corrected chi connectivity index (χ0v) is 32.2. The molecule has 0 atom stereocenters. The van der Waals surface area contributed by atoms with Crippen molar-refractivity contribution in [2.75, 3.05) is 0 Å². The highest BCUT2D eigenvalue weighted by Gasteiger charge is 2.37. The first-order chi connectivity index (χ1) is 27.7. The van der Waals surface area contributed by atoms with Crippen LogP contribution in [0, 0.1) is 0 Å². The molecule has 0 spiro atoms. The third kappa shape index (κ3) is 4.53. The Morgan fingerprint density at radius 3 is 1.67 bits per heavy atom. The van der Waals surface area contributed by atoms with E-state index in [0.29, 0.717) is 17.5 Å². The van der Waals surface area contributed by atoms with E-state index < -0.39 is 0 Å². The van der Waals surface area contributed by atoms with E-state index in [0.717, 1.165) is 38.6 Å². The minimum Gasteiger partial charge on any atom is -0.456 e. The van der Waals surface area contributed by atoms with Gasteiger partial charge in [0.25, 0.3) is 0 Å². The molecule has 8 aromatic carbocycles. The molecule has 12 rings (SSSR count). The van der Waals surface area contributed by atoms with Gasteiger partial charge in [-0.2, -0.15) is 0 Å². The van der Waals surface area contributed by atoms with Crippen LogP contribution in [0.15, 0.2) is 156 Å². The lowest BCUT2D eigenvalue weighted by Gasteiger charge is -2.21. The molecule has 0 fully saturated rings. The Balaban J connectivity index is 1.08. The molecule has 270 valence electrons. The Morgan fingerprint density at radius 2 is 0.930 bits per heavy atom. The van der Waals surface area contributed by atoms with Crippen molar-refractivity contribution in [3.63, 3.8) is 0 Å². The van der Waals surface area contributed by atoms with Gasteiger partial charge in [-0.25, -0.2) is 15.0 Å².